The van der Waals surface area contributed by atoms with E-state index in [1.54, 1.807) is 0 Å². The minimum absolute atomic E-state index is 0.232. The zero-order chi connectivity index (χ0) is 21.8. The Bertz CT molecular complexity index is 866. The van der Waals surface area contributed by atoms with Gasteiger partial charge >= 0.3 is 0 Å². The molecule has 3 aliphatic carbocycles. The van der Waals surface area contributed by atoms with Crippen LogP contribution in [-0.2, 0) is 16.0 Å². The van der Waals surface area contributed by atoms with Crippen LogP contribution in [0.5, 0.6) is 5.75 Å². The minimum atomic E-state index is -0.378. The van der Waals surface area contributed by atoms with Crippen LogP contribution in [0.3, 0.4) is 0 Å². The molecule has 1 saturated heterocycles. The van der Waals surface area contributed by atoms with Crippen molar-refractivity contribution in [2.45, 2.75) is 57.2 Å². The number of nitrogens with zero attached hydrogens (tertiary/aromatic N) is 2. The van der Waals surface area contributed by atoms with Crippen LogP contribution in [-0.4, -0.2) is 72.4 Å². The molecule has 0 bridgehead atoms. The predicted octanol–water partition coefficient (Wildman–Crippen LogP) is 2.16. The van der Waals surface area contributed by atoms with Gasteiger partial charge in [0.15, 0.2) is 12.1 Å². The second-order valence-electron chi connectivity index (χ2n) is 10.5. The second-order valence-corrected chi connectivity index (χ2v) is 10.5. The molecule has 6 atom stereocenters. The number of aldehydes is 1. The smallest absolute Gasteiger partial charge is 0.155 e. The first-order valence-electron chi connectivity index (χ1n) is 11.9. The molecular formula is C25H35N3O3. The summed E-state index contributed by atoms with van der Waals surface area (Å²) in [4.78, 5) is 29.9. The summed E-state index contributed by atoms with van der Waals surface area (Å²) in [5.41, 5.74) is 2.37. The van der Waals surface area contributed by atoms with Crippen LogP contribution >= 0.6 is 0 Å². The summed E-state index contributed by atoms with van der Waals surface area (Å²) in [6, 6.07) is 5.61. The van der Waals surface area contributed by atoms with Gasteiger partial charge in [-0.15, -0.1) is 0 Å². The van der Waals surface area contributed by atoms with Crippen LogP contribution < -0.4 is 5.32 Å². The largest absolute Gasteiger partial charge is 0.508 e. The first-order valence-corrected chi connectivity index (χ1v) is 11.9. The number of hydrogen-bond acceptors (Lipinski definition) is 6. The van der Waals surface area contributed by atoms with E-state index in [-0.39, 0.29) is 17.6 Å². The third-order valence-electron chi connectivity index (χ3n) is 8.90. The molecule has 2 saturated carbocycles. The van der Waals surface area contributed by atoms with Gasteiger partial charge in [-0.3, -0.25) is 15.0 Å². The molecule has 2 N–H and O–H groups in total. The SMILES string of the molecule is CN1CCN(C(C=O)NC2CC3C4CCc5cc(O)ccc5C4CC[C@]3(C)C2=O)CC1. The number of aromatic hydroxyl groups is 1. The van der Waals surface area contributed by atoms with E-state index in [0.717, 1.165) is 64.6 Å². The molecule has 0 spiro atoms. The van der Waals surface area contributed by atoms with Crippen molar-refractivity contribution in [1.82, 2.24) is 15.1 Å². The molecule has 1 aliphatic heterocycles. The number of carbonyl (C=O) groups is 2. The third kappa shape index (κ3) is 3.53. The van der Waals surface area contributed by atoms with Gasteiger partial charge in [0.05, 0.1) is 6.04 Å². The fourth-order valence-corrected chi connectivity index (χ4v) is 7.07. The van der Waals surface area contributed by atoms with Gasteiger partial charge in [0.25, 0.3) is 0 Å². The lowest BCUT2D eigenvalue weighted by atomic mass is 9.55. The number of piperazine rings is 1. The number of Topliss-reactive ketones (excluding diaryl/α,β-unsaturated/α-hetero) is 1. The van der Waals surface area contributed by atoms with Gasteiger partial charge in [0.2, 0.25) is 0 Å². The van der Waals surface area contributed by atoms with Gasteiger partial charge in [-0.2, -0.15) is 0 Å². The van der Waals surface area contributed by atoms with Crippen molar-refractivity contribution >= 4 is 12.1 Å². The summed E-state index contributed by atoms with van der Waals surface area (Å²) in [5.74, 6) is 2.01. The van der Waals surface area contributed by atoms with E-state index in [4.69, 9.17) is 0 Å². The highest BCUT2D eigenvalue weighted by atomic mass is 16.3. The Labute approximate surface area is 185 Å². The Balaban J connectivity index is 1.34. The van der Waals surface area contributed by atoms with Crippen molar-refractivity contribution in [3.05, 3.63) is 29.3 Å². The van der Waals surface area contributed by atoms with Gasteiger partial charge in [-0.25, -0.2) is 0 Å². The van der Waals surface area contributed by atoms with Gasteiger partial charge in [-0.05, 0) is 80.2 Å². The normalized spacial score (nSPS) is 37.0. The molecule has 1 aromatic carbocycles. The molecule has 6 heteroatoms. The van der Waals surface area contributed by atoms with Crippen molar-refractivity contribution < 1.29 is 14.7 Å². The van der Waals surface area contributed by atoms with Gasteiger partial charge in [0.1, 0.15) is 11.9 Å². The molecule has 1 aromatic rings. The van der Waals surface area contributed by atoms with Crippen molar-refractivity contribution in [1.29, 1.82) is 0 Å². The molecule has 1 heterocycles. The number of phenols is 1. The number of nitrogens with one attached hydrogen (secondary N) is 1. The standard InChI is InChI=1S/C25H35N3O3/c1-25-8-7-19-18-6-4-17(30)13-16(18)3-5-20(19)21(25)14-22(24(25)31)26-23(15-29)28-11-9-27(2)10-12-28/h4,6,13,15,19-23,26,30H,3,5,7-12,14H2,1-2H3/t19?,20?,21?,22?,23?,25-/m0/s1. The molecule has 4 aliphatic rings. The summed E-state index contributed by atoms with van der Waals surface area (Å²) in [7, 11) is 2.10. The van der Waals surface area contributed by atoms with Crippen molar-refractivity contribution in [3.63, 3.8) is 0 Å². The lowest BCUT2D eigenvalue weighted by Crippen LogP contribution is -2.57. The molecule has 0 amide bonds. The van der Waals surface area contributed by atoms with Crippen LogP contribution in [0, 0.1) is 17.3 Å². The van der Waals surface area contributed by atoms with E-state index in [9.17, 15) is 14.7 Å². The van der Waals surface area contributed by atoms with Crippen LogP contribution in [0.25, 0.3) is 0 Å². The maximum Gasteiger partial charge on any atom is 0.155 e. The highest BCUT2D eigenvalue weighted by Crippen LogP contribution is 2.59. The zero-order valence-corrected chi connectivity index (χ0v) is 18.7. The first kappa shape index (κ1) is 21.1. The topological polar surface area (TPSA) is 72.9 Å². The van der Waals surface area contributed by atoms with E-state index in [0.29, 0.717) is 29.3 Å². The fraction of sp³-hybridized carbons (Fsp3) is 0.680. The summed E-state index contributed by atoms with van der Waals surface area (Å²) in [5, 5.41) is 13.3. The van der Waals surface area contributed by atoms with Crippen molar-refractivity contribution in [2.24, 2.45) is 17.3 Å². The maximum atomic E-state index is 13.6. The monoisotopic (exact) mass is 425 g/mol. The number of ketones is 1. The lowest BCUT2D eigenvalue weighted by molar-refractivity contribution is -0.131. The van der Waals surface area contributed by atoms with E-state index in [1.165, 1.54) is 11.1 Å². The highest BCUT2D eigenvalue weighted by molar-refractivity contribution is 5.92. The summed E-state index contributed by atoms with van der Waals surface area (Å²) in [6.45, 7) is 5.77. The van der Waals surface area contributed by atoms with Gasteiger partial charge in [-0.1, -0.05) is 13.0 Å². The first-order chi connectivity index (χ1) is 14.9. The lowest BCUT2D eigenvalue weighted by Gasteiger charge is -2.48. The van der Waals surface area contributed by atoms with Crippen molar-refractivity contribution in [3.8, 4) is 5.75 Å². The number of hydrogen-bond donors (Lipinski definition) is 2. The number of phenolic OH excluding ortho intramolecular Hbond substituents is 1. The zero-order valence-electron chi connectivity index (χ0n) is 18.7. The van der Waals surface area contributed by atoms with E-state index in [1.807, 2.05) is 12.1 Å². The Morgan fingerprint density at radius 2 is 2.00 bits per heavy atom. The predicted molar refractivity (Wildman–Crippen MR) is 119 cm³/mol. The number of benzene rings is 1. The summed E-state index contributed by atoms with van der Waals surface area (Å²) < 4.78 is 0. The number of fused-ring (bicyclic) bond motifs is 5. The average molecular weight is 426 g/mol. The summed E-state index contributed by atoms with van der Waals surface area (Å²) >= 11 is 0. The second kappa shape index (κ2) is 7.98. The fourth-order valence-electron chi connectivity index (χ4n) is 7.07. The van der Waals surface area contributed by atoms with Crippen molar-refractivity contribution in [2.75, 3.05) is 33.2 Å². The minimum Gasteiger partial charge on any atom is -0.508 e. The molecule has 5 rings (SSSR count). The number of carbonyl (C=O) groups excluding carboxylic acids is 2. The van der Waals surface area contributed by atoms with E-state index < -0.39 is 0 Å². The van der Waals surface area contributed by atoms with E-state index in [2.05, 4.69) is 35.2 Å². The Morgan fingerprint density at radius 1 is 1.23 bits per heavy atom. The molecular weight excluding hydrogens is 390 g/mol. The molecule has 3 fully saturated rings. The number of aryl methyl sites for hydroxylation is 1. The van der Waals surface area contributed by atoms with Gasteiger partial charge in [0, 0.05) is 31.6 Å². The van der Waals surface area contributed by atoms with Crippen LogP contribution in [0.4, 0.5) is 0 Å². The highest BCUT2D eigenvalue weighted by Gasteiger charge is 2.58. The molecule has 168 valence electrons. The van der Waals surface area contributed by atoms with Crippen LogP contribution in [0.1, 0.15) is 49.7 Å². The Kier molecular flexibility index (Phi) is 5.43. The number of rotatable bonds is 4. The van der Waals surface area contributed by atoms with Crippen LogP contribution in [0.15, 0.2) is 18.2 Å². The molecule has 0 aromatic heterocycles. The number of likely N-dealkylation sites (N-methyl/N-ethyl adjacent to an activating group) is 1. The molecule has 5 unspecified atom stereocenters. The van der Waals surface area contributed by atoms with Gasteiger partial charge < -0.3 is 14.8 Å². The van der Waals surface area contributed by atoms with Crippen LogP contribution in [0.2, 0.25) is 0 Å². The summed E-state index contributed by atoms with van der Waals surface area (Å²) in [6.07, 6.45) is 5.44. The Morgan fingerprint density at radius 3 is 2.74 bits per heavy atom. The molecule has 0 radical (unpaired) electrons. The Hall–Kier alpha value is -1.76. The molecule has 6 nitrogen and oxygen atoms in total. The maximum absolute atomic E-state index is 13.6. The average Bonchev–Trinajstić information content (AvgIpc) is 3.02. The van der Waals surface area contributed by atoms with E-state index >= 15 is 0 Å². The third-order valence-corrected chi connectivity index (χ3v) is 8.90. The quantitative estimate of drug-likeness (QED) is 0.721. The molecule has 31 heavy (non-hydrogen) atoms.